The van der Waals surface area contributed by atoms with Gasteiger partial charge in [-0.25, -0.2) is 4.79 Å². The molecule has 0 bridgehead atoms. The zero-order valence-corrected chi connectivity index (χ0v) is 31.2. The maximum Gasteiger partial charge on any atom is 0.335 e. The van der Waals surface area contributed by atoms with E-state index < -0.39 is 5.97 Å². The van der Waals surface area contributed by atoms with Crippen LogP contribution in [0.5, 0.6) is 0 Å². The van der Waals surface area contributed by atoms with E-state index in [1.807, 2.05) is 0 Å². The summed E-state index contributed by atoms with van der Waals surface area (Å²) >= 11 is 0. The number of hydrogen-bond donors (Lipinski definition) is 1. The Bertz CT molecular complexity index is 655. The summed E-state index contributed by atoms with van der Waals surface area (Å²) in [6, 6.07) is 8.30. The van der Waals surface area contributed by atoms with Crippen LogP contribution in [-0.2, 0) is 4.74 Å². The number of aromatic carboxylic acids is 1. The van der Waals surface area contributed by atoms with Crippen molar-refractivity contribution in [2.45, 2.75) is 219 Å². The Hall–Kier alpha value is -1.35. The van der Waals surface area contributed by atoms with Crippen LogP contribution in [-0.4, -0.2) is 24.3 Å². The van der Waals surface area contributed by atoms with E-state index in [0.29, 0.717) is 5.56 Å². The van der Waals surface area contributed by atoms with Crippen molar-refractivity contribution in [3.63, 3.8) is 0 Å². The van der Waals surface area contributed by atoms with E-state index in [1.54, 1.807) is 30.3 Å². The van der Waals surface area contributed by atoms with Gasteiger partial charge in [-0.2, -0.15) is 0 Å². The molecular formula is C43H80O3. The Morgan fingerprint density at radius 1 is 0.413 bits per heavy atom. The lowest BCUT2D eigenvalue weighted by molar-refractivity contribution is 0.0697. The topological polar surface area (TPSA) is 46.5 Å². The molecule has 270 valence electrons. The van der Waals surface area contributed by atoms with Crippen LogP contribution in [0.3, 0.4) is 0 Å². The summed E-state index contributed by atoms with van der Waals surface area (Å²) in [5, 5.41) is 8.38. The van der Waals surface area contributed by atoms with Crippen molar-refractivity contribution in [2.24, 2.45) is 0 Å². The van der Waals surface area contributed by atoms with Gasteiger partial charge in [0.2, 0.25) is 0 Å². The van der Waals surface area contributed by atoms with E-state index in [2.05, 4.69) is 13.8 Å². The first-order chi connectivity index (χ1) is 22.7. The van der Waals surface area contributed by atoms with Gasteiger partial charge in [-0.15, -0.1) is 0 Å². The van der Waals surface area contributed by atoms with Gasteiger partial charge in [-0.1, -0.05) is 225 Å². The van der Waals surface area contributed by atoms with Gasteiger partial charge in [0, 0.05) is 13.2 Å². The van der Waals surface area contributed by atoms with E-state index >= 15 is 0 Å². The summed E-state index contributed by atoms with van der Waals surface area (Å²) in [4.78, 5) is 10.2. The third kappa shape index (κ3) is 37.1. The molecule has 3 nitrogen and oxygen atoms in total. The molecule has 1 aromatic rings. The Morgan fingerprint density at radius 2 is 0.652 bits per heavy atom. The lowest BCUT2D eigenvalue weighted by Crippen LogP contribution is -1.97. The minimum Gasteiger partial charge on any atom is -0.478 e. The van der Waals surface area contributed by atoms with Crippen molar-refractivity contribution < 1.29 is 14.6 Å². The highest BCUT2D eigenvalue weighted by atomic mass is 16.5. The third-order valence-electron chi connectivity index (χ3n) is 9.31. The summed E-state index contributed by atoms with van der Waals surface area (Å²) < 4.78 is 5.87. The first-order valence-electron chi connectivity index (χ1n) is 20.6. The Kier molecular flexibility index (Phi) is 38.7. The van der Waals surface area contributed by atoms with Gasteiger partial charge in [0.05, 0.1) is 5.56 Å². The molecule has 1 N–H and O–H groups in total. The van der Waals surface area contributed by atoms with Crippen LogP contribution < -0.4 is 0 Å². The summed E-state index contributed by atoms with van der Waals surface area (Å²) in [5.74, 6) is -0.879. The third-order valence-corrected chi connectivity index (χ3v) is 9.31. The molecule has 46 heavy (non-hydrogen) atoms. The molecule has 0 aliphatic heterocycles. The van der Waals surface area contributed by atoms with E-state index in [4.69, 9.17) is 9.84 Å². The van der Waals surface area contributed by atoms with Crippen LogP contribution in [0.15, 0.2) is 30.3 Å². The highest BCUT2D eigenvalue weighted by Gasteiger charge is 1.98. The van der Waals surface area contributed by atoms with Gasteiger partial charge in [0.1, 0.15) is 0 Å². The van der Waals surface area contributed by atoms with Gasteiger partial charge in [0.15, 0.2) is 0 Å². The summed E-state index contributed by atoms with van der Waals surface area (Å²) in [7, 11) is 0. The molecule has 0 saturated heterocycles. The molecule has 1 aromatic carbocycles. The number of rotatable bonds is 35. The number of benzene rings is 1. The van der Waals surface area contributed by atoms with Crippen LogP contribution in [0.4, 0.5) is 0 Å². The van der Waals surface area contributed by atoms with E-state index in [9.17, 15) is 4.79 Å². The minimum atomic E-state index is -0.879. The maximum atomic E-state index is 10.2. The predicted molar refractivity (Wildman–Crippen MR) is 203 cm³/mol. The molecule has 0 atom stereocenters. The minimum absolute atomic E-state index is 0.331. The Balaban J connectivity index is 0.00000191. The Morgan fingerprint density at radius 3 is 0.870 bits per heavy atom. The zero-order valence-electron chi connectivity index (χ0n) is 31.2. The molecular weight excluding hydrogens is 564 g/mol. The van der Waals surface area contributed by atoms with Gasteiger partial charge in [-0.3, -0.25) is 0 Å². The second-order valence-electron chi connectivity index (χ2n) is 13.9. The molecule has 0 aliphatic rings. The molecule has 0 amide bonds. The van der Waals surface area contributed by atoms with Crippen LogP contribution >= 0.6 is 0 Å². The molecule has 0 radical (unpaired) electrons. The second kappa shape index (κ2) is 39.8. The van der Waals surface area contributed by atoms with Gasteiger partial charge in [-0.05, 0) is 25.0 Å². The van der Waals surface area contributed by atoms with Gasteiger partial charge in [0.25, 0.3) is 0 Å². The van der Waals surface area contributed by atoms with Crippen LogP contribution in [0.25, 0.3) is 0 Å². The summed E-state index contributed by atoms with van der Waals surface area (Å²) in [5.41, 5.74) is 0.331. The molecule has 3 heteroatoms. The average Bonchev–Trinajstić information content (AvgIpc) is 3.07. The first kappa shape index (κ1) is 44.6. The van der Waals surface area contributed by atoms with Crippen LogP contribution in [0, 0.1) is 0 Å². The number of carboxylic acids is 1. The molecule has 0 heterocycles. The quantitative estimate of drug-likeness (QED) is 0.0748. The van der Waals surface area contributed by atoms with Crippen molar-refractivity contribution in [3.8, 4) is 0 Å². The molecule has 0 saturated carbocycles. The van der Waals surface area contributed by atoms with Crippen molar-refractivity contribution in [2.75, 3.05) is 13.2 Å². The molecule has 0 spiro atoms. The number of ether oxygens (including phenoxy) is 1. The largest absolute Gasteiger partial charge is 0.478 e. The molecule has 0 unspecified atom stereocenters. The fourth-order valence-electron chi connectivity index (χ4n) is 6.19. The standard InChI is InChI=1S/C36H74O.C7H6O2/c1-3-5-7-9-11-13-15-17-19-21-23-25-27-29-31-33-35-37-36-34-32-30-28-26-24-22-20-18-16-14-12-10-8-6-4-2;8-7(9)6-4-2-1-3-5-6/h3-36H2,1-2H3;1-5H,(H,8,9). The zero-order chi connectivity index (χ0) is 33.4. The highest BCUT2D eigenvalue weighted by Crippen LogP contribution is 2.15. The van der Waals surface area contributed by atoms with Crippen LogP contribution in [0.2, 0.25) is 0 Å². The van der Waals surface area contributed by atoms with Gasteiger partial charge < -0.3 is 9.84 Å². The molecule has 1 rings (SSSR count). The fourth-order valence-corrected chi connectivity index (χ4v) is 6.19. The van der Waals surface area contributed by atoms with Crippen molar-refractivity contribution in [1.29, 1.82) is 0 Å². The number of unbranched alkanes of at least 4 members (excludes halogenated alkanes) is 30. The smallest absolute Gasteiger partial charge is 0.335 e. The van der Waals surface area contributed by atoms with E-state index in [0.717, 1.165) is 13.2 Å². The number of hydrogen-bond acceptors (Lipinski definition) is 2. The fraction of sp³-hybridized carbons (Fsp3) is 0.837. The molecule has 0 fully saturated rings. The van der Waals surface area contributed by atoms with E-state index in [-0.39, 0.29) is 0 Å². The summed E-state index contributed by atoms with van der Waals surface area (Å²) in [6.45, 7) is 6.60. The maximum absolute atomic E-state index is 10.2. The predicted octanol–water partition coefficient (Wildman–Crippen LogP) is 14.9. The van der Waals surface area contributed by atoms with E-state index in [1.165, 1.54) is 205 Å². The number of carboxylic acid groups (broad SMARTS) is 1. The highest BCUT2D eigenvalue weighted by molar-refractivity contribution is 5.87. The number of carbonyl (C=O) groups is 1. The average molecular weight is 645 g/mol. The summed E-state index contributed by atoms with van der Waals surface area (Å²) in [6.07, 6.45) is 46.0. The molecule has 0 aromatic heterocycles. The van der Waals surface area contributed by atoms with Crippen molar-refractivity contribution in [1.82, 2.24) is 0 Å². The lowest BCUT2D eigenvalue weighted by atomic mass is 10.0. The molecule has 0 aliphatic carbocycles. The van der Waals surface area contributed by atoms with Gasteiger partial charge >= 0.3 is 5.97 Å². The monoisotopic (exact) mass is 645 g/mol. The Labute approximate surface area is 288 Å². The second-order valence-corrected chi connectivity index (χ2v) is 13.9. The normalized spacial score (nSPS) is 11.0. The lowest BCUT2D eigenvalue weighted by Gasteiger charge is -2.06. The van der Waals surface area contributed by atoms with Crippen molar-refractivity contribution >= 4 is 5.97 Å². The SMILES string of the molecule is CCCCCCCCCCCCCCCCCCOCCCCCCCCCCCCCCCCCC.O=C(O)c1ccccc1. The van der Waals surface area contributed by atoms with Crippen molar-refractivity contribution in [3.05, 3.63) is 35.9 Å². The van der Waals surface area contributed by atoms with Crippen LogP contribution in [0.1, 0.15) is 230 Å². The first-order valence-corrected chi connectivity index (χ1v) is 20.6.